The first kappa shape index (κ1) is 16.5. The minimum Gasteiger partial charge on any atom is -0.375 e. The highest BCUT2D eigenvalue weighted by Crippen LogP contribution is 2.26. The summed E-state index contributed by atoms with van der Waals surface area (Å²) in [5, 5.41) is 14.0. The molecule has 0 heterocycles. The predicted molar refractivity (Wildman–Crippen MR) is 81.8 cm³/mol. The highest BCUT2D eigenvalue weighted by atomic mass is 19.3. The summed E-state index contributed by atoms with van der Waals surface area (Å²) in [5.74, 6) is -0.262. The van der Waals surface area contributed by atoms with E-state index in [1.54, 1.807) is 0 Å². The van der Waals surface area contributed by atoms with Crippen LogP contribution in [0.3, 0.4) is 0 Å². The summed E-state index contributed by atoms with van der Waals surface area (Å²) in [7, 11) is 0. The second kappa shape index (κ2) is 6.95. The standard InChI is InChI=1S/C16H14F2N2O3/c1-10(21)13-6-7-14(15(8-13)20(22)23)19-9-11-2-4-12(5-3-11)16(17)18/h2-8,16,19H,9H2,1H3. The van der Waals surface area contributed by atoms with Crippen molar-refractivity contribution < 1.29 is 18.5 Å². The van der Waals surface area contributed by atoms with E-state index in [2.05, 4.69) is 5.32 Å². The minimum absolute atomic E-state index is 0.0782. The summed E-state index contributed by atoms with van der Waals surface area (Å²) < 4.78 is 25.0. The number of hydrogen-bond acceptors (Lipinski definition) is 4. The number of carbonyl (C=O) groups excluding carboxylic acids is 1. The molecule has 2 rings (SSSR count). The van der Waals surface area contributed by atoms with Gasteiger partial charge in [-0.25, -0.2) is 8.78 Å². The molecular formula is C16H14F2N2O3. The number of carbonyl (C=O) groups is 1. The molecule has 0 saturated carbocycles. The van der Waals surface area contributed by atoms with Gasteiger partial charge in [0.1, 0.15) is 5.69 Å². The van der Waals surface area contributed by atoms with Gasteiger partial charge in [0.2, 0.25) is 0 Å². The van der Waals surface area contributed by atoms with E-state index in [1.165, 1.54) is 49.4 Å². The number of anilines is 1. The predicted octanol–water partition coefficient (Wildman–Crippen LogP) is 4.35. The van der Waals surface area contributed by atoms with E-state index in [1.807, 2.05) is 0 Å². The molecule has 0 aromatic heterocycles. The van der Waals surface area contributed by atoms with Gasteiger partial charge in [-0.15, -0.1) is 0 Å². The van der Waals surface area contributed by atoms with Crippen molar-refractivity contribution >= 4 is 17.2 Å². The Morgan fingerprint density at radius 2 is 1.87 bits per heavy atom. The molecule has 5 nitrogen and oxygen atoms in total. The number of halogens is 2. The Balaban J connectivity index is 2.16. The molecule has 2 aromatic carbocycles. The quantitative estimate of drug-likeness (QED) is 0.488. The molecule has 0 atom stereocenters. The average Bonchev–Trinajstić information content (AvgIpc) is 2.52. The lowest BCUT2D eigenvalue weighted by Gasteiger charge is -2.09. The topological polar surface area (TPSA) is 72.2 Å². The number of ketones is 1. The van der Waals surface area contributed by atoms with Crippen molar-refractivity contribution in [2.24, 2.45) is 0 Å². The fourth-order valence-electron chi connectivity index (χ4n) is 2.03. The molecule has 0 radical (unpaired) electrons. The Kier molecular flexibility index (Phi) is 5.00. The molecule has 0 aliphatic heterocycles. The van der Waals surface area contributed by atoms with Crippen LogP contribution in [0.2, 0.25) is 0 Å². The zero-order chi connectivity index (χ0) is 17.0. The van der Waals surface area contributed by atoms with Gasteiger partial charge in [-0.3, -0.25) is 14.9 Å². The molecule has 0 unspecified atom stereocenters. The maximum absolute atomic E-state index is 12.5. The third kappa shape index (κ3) is 4.09. The highest BCUT2D eigenvalue weighted by molar-refractivity contribution is 5.95. The van der Waals surface area contributed by atoms with Gasteiger partial charge < -0.3 is 5.32 Å². The first-order chi connectivity index (χ1) is 10.9. The van der Waals surface area contributed by atoms with Gasteiger partial charge in [-0.1, -0.05) is 24.3 Å². The number of benzene rings is 2. The summed E-state index contributed by atoms with van der Waals surface area (Å²) in [6.07, 6.45) is -2.53. The number of Topliss-reactive ketones (excluding diaryl/α,β-unsaturated/α-hetero) is 1. The fourth-order valence-corrected chi connectivity index (χ4v) is 2.03. The molecule has 0 spiro atoms. The second-order valence-corrected chi connectivity index (χ2v) is 4.94. The lowest BCUT2D eigenvalue weighted by molar-refractivity contribution is -0.384. The van der Waals surface area contributed by atoms with E-state index in [-0.39, 0.29) is 34.8 Å². The largest absolute Gasteiger partial charge is 0.375 e. The number of nitro groups is 1. The first-order valence-corrected chi connectivity index (χ1v) is 6.78. The van der Waals surface area contributed by atoms with Crippen LogP contribution in [0.25, 0.3) is 0 Å². The Labute approximate surface area is 131 Å². The molecular weight excluding hydrogens is 306 g/mol. The van der Waals surface area contributed by atoms with E-state index in [0.29, 0.717) is 5.56 Å². The van der Waals surface area contributed by atoms with Gasteiger partial charge in [0.15, 0.2) is 5.78 Å². The summed E-state index contributed by atoms with van der Waals surface area (Å²) >= 11 is 0. The van der Waals surface area contributed by atoms with Crippen LogP contribution in [0.5, 0.6) is 0 Å². The van der Waals surface area contributed by atoms with Gasteiger partial charge in [-0.05, 0) is 24.6 Å². The van der Waals surface area contributed by atoms with Crippen molar-refractivity contribution in [3.63, 3.8) is 0 Å². The first-order valence-electron chi connectivity index (χ1n) is 6.78. The number of hydrogen-bond donors (Lipinski definition) is 1. The van der Waals surface area contributed by atoms with E-state index in [9.17, 15) is 23.7 Å². The fraction of sp³-hybridized carbons (Fsp3) is 0.188. The summed E-state index contributed by atoms with van der Waals surface area (Å²) in [4.78, 5) is 21.8. The van der Waals surface area contributed by atoms with Gasteiger partial charge in [0.25, 0.3) is 12.1 Å². The SMILES string of the molecule is CC(=O)c1ccc(NCc2ccc(C(F)F)cc2)c([N+](=O)[O-])c1. The maximum Gasteiger partial charge on any atom is 0.293 e. The summed E-state index contributed by atoms with van der Waals surface area (Å²) in [6, 6.07) is 9.86. The van der Waals surface area contributed by atoms with Crippen molar-refractivity contribution in [1.29, 1.82) is 0 Å². The van der Waals surface area contributed by atoms with Gasteiger partial charge in [-0.2, -0.15) is 0 Å². The number of rotatable bonds is 6. The third-order valence-corrected chi connectivity index (χ3v) is 3.32. The lowest BCUT2D eigenvalue weighted by atomic mass is 10.1. The van der Waals surface area contributed by atoms with Crippen LogP contribution in [0.1, 0.15) is 34.8 Å². The Hall–Kier alpha value is -2.83. The molecule has 1 N–H and O–H groups in total. The van der Waals surface area contributed by atoms with E-state index < -0.39 is 11.3 Å². The summed E-state index contributed by atoms with van der Waals surface area (Å²) in [5.41, 5.74) is 0.938. The van der Waals surface area contributed by atoms with Crippen LogP contribution in [-0.2, 0) is 6.54 Å². The van der Waals surface area contributed by atoms with Crippen LogP contribution >= 0.6 is 0 Å². The smallest absolute Gasteiger partial charge is 0.293 e. The molecule has 120 valence electrons. The van der Waals surface area contributed by atoms with Gasteiger partial charge in [0, 0.05) is 23.7 Å². The molecule has 0 amide bonds. The van der Waals surface area contributed by atoms with E-state index >= 15 is 0 Å². The molecule has 7 heteroatoms. The van der Waals surface area contributed by atoms with Crippen LogP contribution in [0.15, 0.2) is 42.5 Å². The van der Waals surface area contributed by atoms with Crippen molar-refractivity contribution in [2.45, 2.75) is 19.9 Å². The number of nitrogens with one attached hydrogen (secondary N) is 1. The van der Waals surface area contributed by atoms with E-state index in [4.69, 9.17) is 0 Å². The molecule has 23 heavy (non-hydrogen) atoms. The summed E-state index contributed by atoms with van der Waals surface area (Å²) in [6.45, 7) is 1.57. The van der Waals surface area contributed by atoms with Crippen molar-refractivity contribution in [2.75, 3.05) is 5.32 Å². The van der Waals surface area contributed by atoms with Crippen LogP contribution < -0.4 is 5.32 Å². The average molecular weight is 320 g/mol. The molecule has 0 aliphatic carbocycles. The van der Waals surface area contributed by atoms with Crippen LogP contribution in [-0.4, -0.2) is 10.7 Å². The Morgan fingerprint density at radius 3 is 2.39 bits per heavy atom. The van der Waals surface area contributed by atoms with Crippen LogP contribution in [0, 0.1) is 10.1 Å². The second-order valence-electron chi connectivity index (χ2n) is 4.94. The highest BCUT2D eigenvalue weighted by Gasteiger charge is 2.16. The minimum atomic E-state index is -2.53. The van der Waals surface area contributed by atoms with Gasteiger partial charge >= 0.3 is 0 Å². The molecule has 0 aliphatic rings. The van der Waals surface area contributed by atoms with Crippen molar-refractivity contribution in [1.82, 2.24) is 0 Å². The zero-order valence-corrected chi connectivity index (χ0v) is 12.3. The Morgan fingerprint density at radius 1 is 1.22 bits per heavy atom. The van der Waals surface area contributed by atoms with Crippen molar-refractivity contribution in [3.8, 4) is 0 Å². The zero-order valence-electron chi connectivity index (χ0n) is 12.3. The monoisotopic (exact) mass is 320 g/mol. The normalized spacial score (nSPS) is 10.6. The third-order valence-electron chi connectivity index (χ3n) is 3.32. The Bertz CT molecular complexity index is 731. The maximum atomic E-state index is 12.5. The van der Waals surface area contributed by atoms with Crippen molar-refractivity contribution in [3.05, 3.63) is 69.3 Å². The molecule has 0 fully saturated rings. The molecule has 0 saturated heterocycles. The van der Waals surface area contributed by atoms with E-state index in [0.717, 1.165) is 0 Å². The lowest BCUT2D eigenvalue weighted by Crippen LogP contribution is -2.04. The number of nitrogens with zero attached hydrogens (tertiary/aromatic N) is 1. The molecule has 0 bridgehead atoms. The number of nitro benzene ring substituents is 1. The van der Waals surface area contributed by atoms with Gasteiger partial charge in [0.05, 0.1) is 4.92 Å². The molecule has 2 aromatic rings. The number of alkyl halides is 2. The van der Waals surface area contributed by atoms with Crippen LogP contribution in [0.4, 0.5) is 20.2 Å².